The number of aryl methyl sites for hydroxylation is 1. The van der Waals surface area contributed by atoms with Crippen molar-refractivity contribution in [3.63, 3.8) is 0 Å². The standard InChI is InChI=1S/C22H28N2O7S/c1-14(2)31-18-10-8-16(11-19(18)29-6)22(26)30-13-21(25)23-17-9-7-15(3)20(12-17)32(27,28)24(4)5/h7-12,14H,13H2,1-6H3,(H,23,25). The van der Waals surface area contributed by atoms with E-state index in [0.29, 0.717) is 17.1 Å². The van der Waals surface area contributed by atoms with Crippen molar-refractivity contribution in [2.24, 2.45) is 0 Å². The second-order valence-corrected chi connectivity index (χ2v) is 9.54. The minimum absolute atomic E-state index is 0.0691. The molecule has 0 fully saturated rings. The summed E-state index contributed by atoms with van der Waals surface area (Å²) in [6.07, 6.45) is -0.0691. The Bertz CT molecular complexity index is 1100. The molecular weight excluding hydrogens is 436 g/mol. The first-order valence-electron chi connectivity index (χ1n) is 9.80. The van der Waals surface area contributed by atoms with E-state index < -0.39 is 28.5 Å². The van der Waals surface area contributed by atoms with Crippen molar-refractivity contribution in [2.45, 2.75) is 31.8 Å². The largest absolute Gasteiger partial charge is 0.493 e. The zero-order valence-corrected chi connectivity index (χ0v) is 19.8. The Labute approximate surface area is 188 Å². The Kier molecular flexibility index (Phi) is 8.23. The van der Waals surface area contributed by atoms with E-state index in [9.17, 15) is 18.0 Å². The number of sulfonamides is 1. The van der Waals surface area contributed by atoms with E-state index in [1.165, 1.54) is 39.4 Å². The van der Waals surface area contributed by atoms with Crippen LogP contribution >= 0.6 is 0 Å². The van der Waals surface area contributed by atoms with Crippen molar-refractivity contribution in [2.75, 3.05) is 33.1 Å². The maximum atomic E-state index is 12.4. The van der Waals surface area contributed by atoms with Gasteiger partial charge >= 0.3 is 5.97 Å². The van der Waals surface area contributed by atoms with E-state index in [2.05, 4.69) is 5.32 Å². The van der Waals surface area contributed by atoms with Crippen molar-refractivity contribution in [3.05, 3.63) is 47.5 Å². The van der Waals surface area contributed by atoms with Gasteiger partial charge in [0.05, 0.1) is 23.7 Å². The molecular formula is C22H28N2O7S. The van der Waals surface area contributed by atoms with Crippen LogP contribution in [0.1, 0.15) is 29.8 Å². The summed E-state index contributed by atoms with van der Waals surface area (Å²) < 4.78 is 41.9. The smallest absolute Gasteiger partial charge is 0.338 e. The van der Waals surface area contributed by atoms with Gasteiger partial charge in [0.1, 0.15) is 0 Å². The molecule has 2 rings (SSSR count). The zero-order valence-electron chi connectivity index (χ0n) is 19.0. The number of nitrogens with one attached hydrogen (secondary N) is 1. The summed E-state index contributed by atoms with van der Waals surface area (Å²) in [5.41, 5.74) is 1.01. The van der Waals surface area contributed by atoms with Gasteiger partial charge in [0.2, 0.25) is 10.0 Å². The van der Waals surface area contributed by atoms with Gasteiger partial charge in [-0.25, -0.2) is 17.5 Å². The van der Waals surface area contributed by atoms with Crippen LogP contribution in [0.25, 0.3) is 0 Å². The molecule has 0 aromatic heterocycles. The first-order chi connectivity index (χ1) is 14.9. The van der Waals surface area contributed by atoms with Crippen LogP contribution in [0.4, 0.5) is 5.69 Å². The van der Waals surface area contributed by atoms with Crippen LogP contribution in [0, 0.1) is 6.92 Å². The molecule has 0 aliphatic rings. The first-order valence-corrected chi connectivity index (χ1v) is 11.2. The number of rotatable bonds is 9. The van der Waals surface area contributed by atoms with Gasteiger partial charge in [0.15, 0.2) is 18.1 Å². The maximum Gasteiger partial charge on any atom is 0.338 e. The molecule has 1 amide bonds. The summed E-state index contributed by atoms with van der Waals surface area (Å²) in [4.78, 5) is 24.6. The molecule has 0 unspecified atom stereocenters. The molecule has 9 nitrogen and oxygen atoms in total. The Morgan fingerprint density at radius 1 is 1.06 bits per heavy atom. The number of esters is 1. The van der Waals surface area contributed by atoms with Gasteiger partial charge in [-0.3, -0.25) is 4.79 Å². The van der Waals surface area contributed by atoms with E-state index in [1.807, 2.05) is 13.8 Å². The summed E-state index contributed by atoms with van der Waals surface area (Å²) in [6.45, 7) is 4.85. The number of ether oxygens (including phenoxy) is 3. The highest BCUT2D eigenvalue weighted by molar-refractivity contribution is 7.89. The molecule has 0 aliphatic heterocycles. The summed E-state index contributed by atoms with van der Waals surface area (Å²) in [5, 5.41) is 2.54. The molecule has 0 saturated carbocycles. The number of amides is 1. The second-order valence-electron chi connectivity index (χ2n) is 7.42. The van der Waals surface area contributed by atoms with Gasteiger partial charge in [-0.15, -0.1) is 0 Å². The number of carbonyl (C=O) groups excluding carboxylic acids is 2. The van der Waals surface area contributed by atoms with E-state index in [1.54, 1.807) is 25.1 Å². The number of anilines is 1. The lowest BCUT2D eigenvalue weighted by molar-refractivity contribution is -0.119. The summed E-state index contributed by atoms with van der Waals surface area (Å²) in [7, 11) is 0.638. The van der Waals surface area contributed by atoms with Crippen LogP contribution in [0.3, 0.4) is 0 Å². The third-order valence-electron chi connectivity index (χ3n) is 4.33. The van der Waals surface area contributed by atoms with Gasteiger partial charge < -0.3 is 19.5 Å². The summed E-state index contributed by atoms with van der Waals surface area (Å²) >= 11 is 0. The number of methoxy groups -OCH3 is 1. The Hall–Kier alpha value is -3.11. The van der Waals surface area contributed by atoms with E-state index in [-0.39, 0.29) is 22.3 Å². The van der Waals surface area contributed by atoms with Crippen LogP contribution < -0.4 is 14.8 Å². The number of carbonyl (C=O) groups is 2. The predicted octanol–water partition coefficient (Wildman–Crippen LogP) is 2.84. The molecule has 2 aromatic carbocycles. The van der Waals surface area contributed by atoms with Crippen LogP contribution in [-0.4, -0.2) is 58.5 Å². The molecule has 2 aromatic rings. The van der Waals surface area contributed by atoms with E-state index >= 15 is 0 Å². The Balaban J connectivity index is 2.05. The Morgan fingerprint density at radius 2 is 1.75 bits per heavy atom. The fraction of sp³-hybridized carbons (Fsp3) is 0.364. The first kappa shape index (κ1) is 25.2. The topological polar surface area (TPSA) is 111 Å². The number of hydrogen-bond acceptors (Lipinski definition) is 7. The van der Waals surface area contributed by atoms with Crippen LogP contribution in [-0.2, 0) is 19.6 Å². The molecule has 0 aliphatic carbocycles. The SMILES string of the molecule is COc1cc(C(=O)OCC(=O)Nc2ccc(C)c(S(=O)(=O)N(C)C)c2)ccc1OC(C)C. The molecule has 0 atom stereocenters. The van der Waals surface area contributed by atoms with Crippen molar-refractivity contribution in [1.29, 1.82) is 0 Å². The molecule has 32 heavy (non-hydrogen) atoms. The fourth-order valence-corrected chi connectivity index (χ4v) is 3.85. The number of benzene rings is 2. The average Bonchev–Trinajstić information content (AvgIpc) is 2.73. The molecule has 0 heterocycles. The van der Waals surface area contributed by atoms with E-state index in [4.69, 9.17) is 14.2 Å². The fourth-order valence-electron chi connectivity index (χ4n) is 2.71. The van der Waals surface area contributed by atoms with Gasteiger partial charge in [-0.05, 0) is 56.7 Å². The molecule has 10 heteroatoms. The van der Waals surface area contributed by atoms with Crippen molar-refractivity contribution >= 4 is 27.6 Å². The highest BCUT2D eigenvalue weighted by Crippen LogP contribution is 2.29. The molecule has 0 bridgehead atoms. The normalized spacial score (nSPS) is 11.4. The third kappa shape index (κ3) is 6.21. The minimum atomic E-state index is -3.67. The molecule has 0 saturated heterocycles. The van der Waals surface area contributed by atoms with Gasteiger partial charge in [-0.2, -0.15) is 0 Å². The highest BCUT2D eigenvalue weighted by atomic mass is 32.2. The highest BCUT2D eigenvalue weighted by Gasteiger charge is 2.21. The molecule has 0 spiro atoms. The van der Waals surface area contributed by atoms with Crippen molar-refractivity contribution < 1.29 is 32.2 Å². The summed E-state index contributed by atoms with van der Waals surface area (Å²) in [5.74, 6) is -0.469. The van der Waals surface area contributed by atoms with Crippen LogP contribution in [0.5, 0.6) is 11.5 Å². The summed E-state index contributed by atoms with van der Waals surface area (Å²) in [6, 6.07) is 9.10. The van der Waals surface area contributed by atoms with Crippen molar-refractivity contribution in [3.8, 4) is 11.5 Å². The monoisotopic (exact) mass is 464 g/mol. The van der Waals surface area contributed by atoms with Crippen molar-refractivity contribution in [1.82, 2.24) is 4.31 Å². The van der Waals surface area contributed by atoms with Crippen LogP contribution in [0.15, 0.2) is 41.3 Å². The number of nitrogens with zero attached hydrogens (tertiary/aromatic N) is 1. The van der Waals surface area contributed by atoms with Crippen LogP contribution in [0.2, 0.25) is 0 Å². The van der Waals surface area contributed by atoms with Gasteiger partial charge in [0.25, 0.3) is 5.91 Å². The zero-order chi connectivity index (χ0) is 24.1. The minimum Gasteiger partial charge on any atom is -0.493 e. The van der Waals surface area contributed by atoms with Gasteiger partial charge in [0, 0.05) is 19.8 Å². The second kappa shape index (κ2) is 10.5. The Morgan fingerprint density at radius 3 is 2.34 bits per heavy atom. The number of hydrogen-bond donors (Lipinski definition) is 1. The lowest BCUT2D eigenvalue weighted by Crippen LogP contribution is -2.24. The molecule has 1 N–H and O–H groups in total. The lowest BCUT2D eigenvalue weighted by atomic mass is 10.2. The predicted molar refractivity (Wildman–Crippen MR) is 120 cm³/mol. The quantitative estimate of drug-likeness (QED) is 0.568. The molecule has 174 valence electrons. The van der Waals surface area contributed by atoms with E-state index in [0.717, 1.165) is 4.31 Å². The van der Waals surface area contributed by atoms with Gasteiger partial charge in [-0.1, -0.05) is 6.07 Å². The molecule has 0 radical (unpaired) electrons. The maximum absolute atomic E-state index is 12.4. The third-order valence-corrected chi connectivity index (χ3v) is 6.28. The lowest BCUT2D eigenvalue weighted by Gasteiger charge is -2.15. The average molecular weight is 465 g/mol.